The Balaban J connectivity index is 2.13. The number of alkyl halides is 1. The van der Waals surface area contributed by atoms with Crippen molar-refractivity contribution in [2.45, 2.75) is 25.1 Å². The zero-order valence-corrected chi connectivity index (χ0v) is 5.68. The van der Waals surface area contributed by atoms with Crippen molar-refractivity contribution in [2.75, 3.05) is 13.6 Å². The second-order valence-electron chi connectivity index (χ2n) is 3.36. The van der Waals surface area contributed by atoms with E-state index >= 15 is 0 Å². The molecule has 1 heterocycles. The number of likely N-dealkylation sites (tertiary alicyclic amines) is 1. The maximum atomic E-state index is 12.8. The van der Waals surface area contributed by atoms with Crippen molar-refractivity contribution in [1.82, 2.24) is 4.90 Å². The van der Waals surface area contributed by atoms with Crippen molar-refractivity contribution in [3.05, 3.63) is 0 Å². The molecule has 0 spiro atoms. The molecule has 52 valence electrons. The molecule has 9 heavy (non-hydrogen) atoms. The highest BCUT2D eigenvalue weighted by molar-refractivity contribution is 4.96. The van der Waals surface area contributed by atoms with E-state index in [1.165, 1.54) is 0 Å². The molecule has 1 aliphatic carbocycles. The molecule has 2 rings (SSSR count). The Kier molecular flexibility index (Phi) is 1.06. The zero-order chi connectivity index (χ0) is 6.43. The zero-order valence-electron chi connectivity index (χ0n) is 5.68. The van der Waals surface area contributed by atoms with Crippen molar-refractivity contribution in [3.8, 4) is 0 Å². The van der Waals surface area contributed by atoms with Crippen LogP contribution in [0.25, 0.3) is 0 Å². The van der Waals surface area contributed by atoms with Gasteiger partial charge in [-0.3, -0.25) is 0 Å². The smallest absolute Gasteiger partial charge is 0.116 e. The van der Waals surface area contributed by atoms with Crippen LogP contribution in [0, 0.1) is 5.92 Å². The number of piperidine rings is 1. The lowest BCUT2D eigenvalue weighted by molar-refractivity contribution is 0.148. The first-order valence-corrected chi connectivity index (χ1v) is 3.61. The lowest BCUT2D eigenvalue weighted by Gasteiger charge is -2.24. The van der Waals surface area contributed by atoms with Gasteiger partial charge >= 0.3 is 0 Å². The van der Waals surface area contributed by atoms with Gasteiger partial charge in [0, 0.05) is 12.6 Å². The summed E-state index contributed by atoms with van der Waals surface area (Å²) in [5.74, 6) is 0.676. The van der Waals surface area contributed by atoms with Gasteiger partial charge in [-0.1, -0.05) is 0 Å². The number of rotatable bonds is 0. The van der Waals surface area contributed by atoms with Crippen molar-refractivity contribution in [3.63, 3.8) is 0 Å². The first-order chi connectivity index (χ1) is 4.27. The molecule has 0 aromatic heterocycles. The maximum Gasteiger partial charge on any atom is 0.116 e. The Morgan fingerprint density at radius 2 is 2.22 bits per heavy atom. The Labute approximate surface area is 54.8 Å². The van der Waals surface area contributed by atoms with Crippen LogP contribution in [0.4, 0.5) is 4.39 Å². The van der Waals surface area contributed by atoms with Gasteiger partial charge in [-0.15, -0.1) is 0 Å². The lowest BCUT2D eigenvalue weighted by Crippen LogP contribution is -2.35. The molecule has 0 aromatic rings. The second kappa shape index (κ2) is 1.69. The van der Waals surface area contributed by atoms with E-state index in [4.69, 9.17) is 0 Å². The third-order valence-corrected chi connectivity index (χ3v) is 2.66. The number of nitrogens with zero attached hydrogens (tertiary/aromatic N) is 1. The molecular weight excluding hydrogens is 117 g/mol. The average molecular weight is 129 g/mol. The largest absolute Gasteiger partial charge is 0.300 e. The molecule has 2 heteroatoms. The number of fused-ring (bicyclic) bond motifs is 2. The van der Waals surface area contributed by atoms with Crippen LogP contribution in [0.15, 0.2) is 0 Å². The van der Waals surface area contributed by atoms with E-state index in [-0.39, 0.29) is 6.04 Å². The van der Waals surface area contributed by atoms with E-state index in [1.807, 2.05) is 7.05 Å². The van der Waals surface area contributed by atoms with Gasteiger partial charge in [-0.25, -0.2) is 4.39 Å². The van der Waals surface area contributed by atoms with Crippen LogP contribution < -0.4 is 0 Å². The fourth-order valence-electron chi connectivity index (χ4n) is 2.21. The number of halogens is 1. The van der Waals surface area contributed by atoms with Gasteiger partial charge in [0.05, 0.1) is 0 Å². The van der Waals surface area contributed by atoms with Gasteiger partial charge in [0.15, 0.2) is 0 Å². The first-order valence-electron chi connectivity index (χ1n) is 3.61. The van der Waals surface area contributed by atoms with Crippen LogP contribution in [-0.4, -0.2) is 30.7 Å². The van der Waals surface area contributed by atoms with E-state index in [0.29, 0.717) is 5.92 Å². The normalized spacial score (nSPS) is 50.7. The van der Waals surface area contributed by atoms with Crippen molar-refractivity contribution in [1.29, 1.82) is 0 Å². The fraction of sp³-hybridized carbons (Fsp3) is 1.00. The molecule has 2 aliphatic rings. The van der Waals surface area contributed by atoms with Crippen molar-refractivity contribution < 1.29 is 4.39 Å². The Hall–Kier alpha value is -0.110. The highest BCUT2D eigenvalue weighted by Crippen LogP contribution is 2.38. The molecule has 2 bridgehead atoms. The van der Waals surface area contributed by atoms with Gasteiger partial charge in [-0.05, 0) is 25.8 Å². The highest BCUT2D eigenvalue weighted by Gasteiger charge is 2.43. The molecule has 0 radical (unpaired) electrons. The van der Waals surface area contributed by atoms with Crippen LogP contribution in [0.5, 0.6) is 0 Å². The first kappa shape index (κ1) is 5.66. The topological polar surface area (TPSA) is 3.24 Å². The molecule has 3 unspecified atom stereocenters. The fourth-order valence-corrected chi connectivity index (χ4v) is 2.21. The van der Waals surface area contributed by atoms with Crippen LogP contribution in [-0.2, 0) is 0 Å². The molecule has 0 aromatic carbocycles. The molecular formula is C7H12FN. The quantitative estimate of drug-likeness (QED) is 0.472. The van der Waals surface area contributed by atoms with Crippen LogP contribution in [0.2, 0.25) is 0 Å². The third kappa shape index (κ3) is 0.692. The molecule has 1 nitrogen and oxygen atoms in total. The summed E-state index contributed by atoms with van der Waals surface area (Å²) in [7, 11) is 2.02. The van der Waals surface area contributed by atoms with Gasteiger partial charge in [-0.2, -0.15) is 0 Å². The number of hydrogen-bond acceptors (Lipinski definition) is 1. The average Bonchev–Trinajstić information content (AvgIpc) is 2.22. The summed E-state index contributed by atoms with van der Waals surface area (Å²) in [6.07, 6.45) is 1.42. The van der Waals surface area contributed by atoms with E-state index in [1.54, 1.807) is 0 Å². The highest BCUT2D eigenvalue weighted by atomic mass is 19.1. The summed E-state index contributed by atoms with van der Waals surface area (Å²) in [6.45, 7) is 1.13. The van der Waals surface area contributed by atoms with Gasteiger partial charge < -0.3 is 4.90 Å². The summed E-state index contributed by atoms with van der Waals surface area (Å²) in [5, 5.41) is 0. The van der Waals surface area contributed by atoms with Gasteiger partial charge in [0.2, 0.25) is 0 Å². The minimum Gasteiger partial charge on any atom is -0.300 e. The molecule has 1 aliphatic heterocycles. The summed E-state index contributed by atoms with van der Waals surface area (Å²) >= 11 is 0. The monoisotopic (exact) mass is 129 g/mol. The van der Waals surface area contributed by atoms with Crippen molar-refractivity contribution >= 4 is 0 Å². The second-order valence-corrected chi connectivity index (χ2v) is 3.36. The van der Waals surface area contributed by atoms with Crippen molar-refractivity contribution in [2.24, 2.45) is 5.92 Å². The standard InChI is InChI=1S/C7H12FN/c1-9-4-5-2-6(8)7(9)3-5/h5-7H,2-4H2,1H3. The molecule has 0 N–H and O–H groups in total. The Morgan fingerprint density at radius 3 is 2.56 bits per heavy atom. The minimum absolute atomic E-state index is 0.273. The lowest BCUT2D eigenvalue weighted by atomic mass is 10.1. The molecule has 1 saturated heterocycles. The molecule has 3 atom stereocenters. The molecule has 0 amide bonds. The molecule has 2 fully saturated rings. The summed E-state index contributed by atoms with van der Waals surface area (Å²) < 4.78 is 12.8. The van der Waals surface area contributed by atoms with E-state index in [9.17, 15) is 4.39 Å². The third-order valence-electron chi connectivity index (χ3n) is 2.66. The van der Waals surface area contributed by atoms with Crippen LogP contribution in [0.3, 0.4) is 0 Å². The predicted octanol–water partition coefficient (Wildman–Crippen LogP) is 1.05. The Morgan fingerprint density at radius 1 is 1.44 bits per heavy atom. The summed E-state index contributed by atoms with van der Waals surface area (Å²) in [4.78, 5) is 2.15. The maximum absolute atomic E-state index is 12.8. The Bertz CT molecular complexity index is 114. The van der Waals surface area contributed by atoms with Gasteiger partial charge in [0.25, 0.3) is 0 Å². The predicted molar refractivity (Wildman–Crippen MR) is 34.0 cm³/mol. The van der Waals surface area contributed by atoms with Gasteiger partial charge in [0.1, 0.15) is 6.17 Å². The van der Waals surface area contributed by atoms with E-state index < -0.39 is 6.17 Å². The minimum atomic E-state index is -0.520. The molecule has 1 saturated carbocycles. The van der Waals surface area contributed by atoms with E-state index in [2.05, 4.69) is 4.90 Å². The van der Waals surface area contributed by atoms with Crippen LogP contribution >= 0.6 is 0 Å². The number of hydrogen-bond donors (Lipinski definition) is 0. The van der Waals surface area contributed by atoms with E-state index in [0.717, 1.165) is 19.4 Å². The summed E-state index contributed by atoms with van der Waals surface area (Å²) in [5.41, 5.74) is 0. The SMILES string of the molecule is CN1CC2CC(F)C1C2. The summed E-state index contributed by atoms with van der Waals surface area (Å²) in [6, 6.07) is 0.273. The van der Waals surface area contributed by atoms with Crippen LogP contribution in [0.1, 0.15) is 12.8 Å².